The number of alkyl halides is 6. The molecular weight excluding hydrogens is 268 g/mol. The minimum atomic E-state index is -5.63. The molecule has 1 aromatic heterocycles. The van der Waals surface area contributed by atoms with Gasteiger partial charge in [0.05, 0.1) is 12.4 Å². The number of halogens is 6. The molecule has 0 unspecified atom stereocenters. The van der Waals surface area contributed by atoms with Gasteiger partial charge in [0, 0.05) is 0 Å². The molecule has 0 atom stereocenters. The molecule has 0 spiro atoms. The van der Waals surface area contributed by atoms with Crippen molar-refractivity contribution in [1.29, 1.82) is 5.26 Å². The van der Waals surface area contributed by atoms with Gasteiger partial charge in [0.1, 0.15) is 6.07 Å². The lowest BCUT2D eigenvalue weighted by molar-refractivity contribution is -0.300. The summed E-state index contributed by atoms with van der Waals surface area (Å²) >= 11 is 0. The largest absolute Gasteiger partial charge is 0.454 e. The maximum atomic E-state index is 12.1. The highest BCUT2D eigenvalue weighted by Crippen LogP contribution is 2.35. The van der Waals surface area contributed by atoms with Gasteiger partial charge in [-0.15, -0.1) is 0 Å². The van der Waals surface area contributed by atoms with Crippen LogP contribution in [0.2, 0.25) is 0 Å². The van der Waals surface area contributed by atoms with Gasteiger partial charge >= 0.3 is 12.4 Å². The fourth-order valence-electron chi connectivity index (χ4n) is 0.875. The Balaban J connectivity index is 2.94. The molecular formula is C8H3F6N3O. The summed E-state index contributed by atoms with van der Waals surface area (Å²) in [6.45, 7) is 0. The van der Waals surface area contributed by atoms with Crippen molar-refractivity contribution in [2.24, 2.45) is 0 Å². The van der Waals surface area contributed by atoms with E-state index in [9.17, 15) is 26.3 Å². The highest BCUT2D eigenvalue weighted by Gasteiger charge is 2.59. The summed E-state index contributed by atoms with van der Waals surface area (Å²) in [5.74, 6) is -0.978. The molecule has 0 aliphatic carbocycles. The van der Waals surface area contributed by atoms with Crippen LogP contribution in [0.15, 0.2) is 12.4 Å². The van der Waals surface area contributed by atoms with Crippen LogP contribution in [0.1, 0.15) is 5.69 Å². The molecule has 1 aromatic rings. The Kier molecular flexibility index (Phi) is 3.64. The first kappa shape index (κ1) is 14.0. The second-order valence-electron chi connectivity index (χ2n) is 2.93. The first-order chi connectivity index (χ1) is 8.14. The van der Waals surface area contributed by atoms with Crippen LogP contribution in [0.25, 0.3) is 0 Å². The molecule has 1 rings (SSSR count). The van der Waals surface area contributed by atoms with Crippen LogP contribution in [0.3, 0.4) is 0 Å². The SMILES string of the molecule is N#Cc1cnc(OC(C(F)(F)F)C(F)(F)F)cn1. The predicted octanol–water partition coefficient (Wildman–Crippen LogP) is 2.22. The summed E-state index contributed by atoms with van der Waals surface area (Å²) in [6, 6.07) is 1.49. The van der Waals surface area contributed by atoms with E-state index in [1.54, 1.807) is 0 Å². The first-order valence-electron chi connectivity index (χ1n) is 4.17. The lowest BCUT2D eigenvalue weighted by atomic mass is 10.3. The Hall–Kier alpha value is -2.05. The quantitative estimate of drug-likeness (QED) is 0.774. The molecule has 0 saturated heterocycles. The van der Waals surface area contributed by atoms with Gasteiger partial charge in [-0.25, -0.2) is 9.97 Å². The van der Waals surface area contributed by atoms with Crippen LogP contribution in [0.5, 0.6) is 5.88 Å². The third-order valence-electron chi connectivity index (χ3n) is 1.58. The fraction of sp³-hybridized carbons (Fsp3) is 0.375. The van der Waals surface area contributed by atoms with Crippen LogP contribution >= 0.6 is 0 Å². The number of nitriles is 1. The minimum Gasteiger partial charge on any atom is -0.454 e. The van der Waals surface area contributed by atoms with E-state index in [0.29, 0.717) is 12.4 Å². The van der Waals surface area contributed by atoms with E-state index in [2.05, 4.69) is 14.7 Å². The minimum absolute atomic E-state index is 0.266. The van der Waals surface area contributed by atoms with Gasteiger partial charge in [-0.05, 0) is 0 Å². The molecule has 0 radical (unpaired) electrons. The van der Waals surface area contributed by atoms with Gasteiger partial charge in [-0.1, -0.05) is 0 Å². The van der Waals surface area contributed by atoms with Gasteiger partial charge < -0.3 is 4.74 Å². The van der Waals surface area contributed by atoms with E-state index in [4.69, 9.17) is 5.26 Å². The predicted molar refractivity (Wildman–Crippen MR) is 43.3 cm³/mol. The Morgan fingerprint density at radius 3 is 1.94 bits per heavy atom. The molecule has 1 heterocycles. The molecule has 0 aromatic carbocycles. The number of hydrogen-bond donors (Lipinski definition) is 0. The third-order valence-corrected chi connectivity index (χ3v) is 1.58. The zero-order valence-electron chi connectivity index (χ0n) is 8.25. The summed E-state index contributed by atoms with van der Waals surface area (Å²) < 4.78 is 76.3. The fourth-order valence-corrected chi connectivity index (χ4v) is 0.875. The molecule has 0 amide bonds. The number of aromatic nitrogens is 2. The van der Waals surface area contributed by atoms with E-state index in [0.717, 1.165) is 0 Å². The van der Waals surface area contributed by atoms with Gasteiger partial charge in [0.2, 0.25) is 5.88 Å². The van der Waals surface area contributed by atoms with E-state index in [1.807, 2.05) is 0 Å². The van der Waals surface area contributed by atoms with E-state index < -0.39 is 24.3 Å². The van der Waals surface area contributed by atoms with Crippen molar-refractivity contribution in [2.75, 3.05) is 0 Å². The lowest BCUT2D eigenvalue weighted by Gasteiger charge is -2.22. The number of ether oxygens (including phenoxy) is 1. The van der Waals surface area contributed by atoms with Gasteiger partial charge in [0.15, 0.2) is 5.69 Å². The lowest BCUT2D eigenvalue weighted by Crippen LogP contribution is -2.46. The van der Waals surface area contributed by atoms with Crippen LogP contribution < -0.4 is 4.74 Å². The van der Waals surface area contributed by atoms with Crippen LogP contribution in [0.4, 0.5) is 26.3 Å². The van der Waals surface area contributed by atoms with Gasteiger partial charge in [-0.3, -0.25) is 0 Å². The van der Waals surface area contributed by atoms with Gasteiger partial charge in [-0.2, -0.15) is 31.6 Å². The molecule has 0 bridgehead atoms. The van der Waals surface area contributed by atoms with Crippen molar-refractivity contribution >= 4 is 0 Å². The molecule has 0 N–H and O–H groups in total. The first-order valence-corrected chi connectivity index (χ1v) is 4.17. The Bertz CT molecular complexity index is 432. The van der Waals surface area contributed by atoms with E-state index in [1.165, 1.54) is 6.07 Å². The molecule has 98 valence electrons. The summed E-state index contributed by atoms with van der Waals surface area (Å²) in [5.41, 5.74) is -0.266. The smallest absolute Gasteiger partial charge is 0.434 e. The van der Waals surface area contributed by atoms with E-state index in [-0.39, 0.29) is 5.69 Å². The summed E-state index contributed by atoms with van der Waals surface area (Å²) in [5, 5.41) is 8.32. The monoisotopic (exact) mass is 271 g/mol. The zero-order valence-corrected chi connectivity index (χ0v) is 8.25. The average molecular weight is 271 g/mol. The summed E-state index contributed by atoms with van der Waals surface area (Å²) in [4.78, 5) is 6.34. The maximum absolute atomic E-state index is 12.1. The highest BCUT2D eigenvalue weighted by atomic mass is 19.4. The molecule has 4 nitrogen and oxygen atoms in total. The summed E-state index contributed by atoms with van der Waals surface area (Å²) in [7, 11) is 0. The second-order valence-corrected chi connectivity index (χ2v) is 2.93. The van der Waals surface area contributed by atoms with Crippen molar-refractivity contribution in [1.82, 2.24) is 9.97 Å². The Labute approximate surface area is 95.8 Å². The molecule has 18 heavy (non-hydrogen) atoms. The van der Waals surface area contributed by atoms with E-state index >= 15 is 0 Å². The van der Waals surface area contributed by atoms with Crippen LogP contribution in [-0.4, -0.2) is 28.4 Å². The van der Waals surface area contributed by atoms with Crippen LogP contribution in [0, 0.1) is 11.3 Å². The molecule has 10 heteroatoms. The number of hydrogen-bond acceptors (Lipinski definition) is 4. The van der Waals surface area contributed by atoms with Crippen molar-refractivity contribution in [3.63, 3.8) is 0 Å². The molecule has 0 fully saturated rings. The topological polar surface area (TPSA) is 58.8 Å². The molecule has 0 aliphatic rings. The maximum Gasteiger partial charge on any atom is 0.434 e. The Morgan fingerprint density at radius 1 is 1.06 bits per heavy atom. The molecule has 0 saturated carbocycles. The Morgan fingerprint density at radius 2 is 1.61 bits per heavy atom. The van der Waals surface area contributed by atoms with Gasteiger partial charge in [0.25, 0.3) is 6.10 Å². The highest BCUT2D eigenvalue weighted by molar-refractivity contribution is 5.18. The van der Waals surface area contributed by atoms with Crippen LogP contribution in [-0.2, 0) is 0 Å². The molecule has 0 aliphatic heterocycles. The van der Waals surface area contributed by atoms with Crippen molar-refractivity contribution in [2.45, 2.75) is 18.5 Å². The standard InChI is InChI=1S/C8H3F6N3O/c9-7(10,11)6(8(12,13)14)18-5-3-16-4(1-15)2-17-5/h2-3,6H. The normalized spacial score (nSPS) is 12.3. The zero-order chi connectivity index (χ0) is 14.0. The van der Waals surface area contributed by atoms with Crippen molar-refractivity contribution < 1.29 is 31.1 Å². The third kappa shape index (κ3) is 3.47. The van der Waals surface area contributed by atoms with Crippen molar-refractivity contribution in [3.8, 4) is 11.9 Å². The number of nitrogens with zero attached hydrogens (tertiary/aromatic N) is 3. The number of rotatable bonds is 2. The average Bonchev–Trinajstić information content (AvgIpc) is 2.23. The van der Waals surface area contributed by atoms with Crippen molar-refractivity contribution in [3.05, 3.63) is 18.1 Å². The second kappa shape index (κ2) is 4.67. The summed E-state index contributed by atoms with van der Waals surface area (Å²) in [6.07, 6.45) is -14.1.